The first-order chi connectivity index (χ1) is 12.0. The van der Waals surface area contributed by atoms with Crippen molar-refractivity contribution in [3.63, 3.8) is 0 Å². The topological polar surface area (TPSA) is 39.7 Å². The van der Waals surface area contributed by atoms with E-state index in [4.69, 9.17) is 0 Å². The van der Waals surface area contributed by atoms with Crippen molar-refractivity contribution in [1.29, 1.82) is 0 Å². The number of hydrogen-bond donors (Lipinski definition) is 2. The van der Waals surface area contributed by atoms with Crippen molar-refractivity contribution in [1.82, 2.24) is 15.5 Å². The summed E-state index contributed by atoms with van der Waals surface area (Å²) in [7, 11) is 0. The zero-order valence-corrected chi connectivity index (χ0v) is 19.8. The summed E-state index contributed by atoms with van der Waals surface area (Å²) in [5.41, 5.74) is 1.08. The average Bonchev–Trinajstić information content (AvgIpc) is 2.58. The number of piperidine rings is 1. The Kier molecular flexibility index (Phi) is 11.0. The van der Waals surface area contributed by atoms with E-state index in [9.17, 15) is 4.39 Å². The van der Waals surface area contributed by atoms with Gasteiger partial charge >= 0.3 is 0 Å². The molecule has 0 radical (unpaired) electrons. The number of rotatable bonds is 6. The first kappa shape index (κ1) is 23.6. The van der Waals surface area contributed by atoms with Crippen LogP contribution in [0.4, 0.5) is 4.39 Å². The van der Waals surface area contributed by atoms with Crippen molar-refractivity contribution < 1.29 is 4.39 Å². The summed E-state index contributed by atoms with van der Waals surface area (Å²) in [5, 5.41) is 6.89. The van der Waals surface area contributed by atoms with Crippen LogP contribution in [0.2, 0.25) is 0 Å². The predicted octanol–water partition coefficient (Wildman–Crippen LogP) is 4.18. The van der Waals surface area contributed by atoms with E-state index < -0.39 is 0 Å². The van der Waals surface area contributed by atoms with Crippen molar-refractivity contribution in [2.24, 2.45) is 4.99 Å². The summed E-state index contributed by atoms with van der Waals surface area (Å²) in [6.45, 7) is 10.4. The summed E-state index contributed by atoms with van der Waals surface area (Å²) in [6.07, 6.45) is 3.09. The molecule has 4 nitrogen and oxygen atoms in total. The number of hydrogen-bond acceptors (Lipinski definition) is 2. The van der Waals surface area contributed by atoms with Crippen LogP contribution in [0.1, 0.15) is 39.2 Å². The minimum atomic E-state index is -0.227. The molecule has 1 aliphatic heterocycles. The highest BCUT2D eigenvalue weighted by Crippen LogP contribution is 2.17. The van der Waals surface area contributed by atoms with E-state index >= 15 is 0 Å². The molecule has 0 spiro atoms. The van der Waals surface area contributed by atoms with E-state index in [2.05, 4.69) is 57.2 Å². The van der Waals surface area contributed by atoms with Crippen LogP contribution in [-0.4, -0.2) is 49.1 Å². The van der Waals surface area contributed by atoms with Crippen LogP contribution in [0.15, 0.2) is 27.7 Å². The summed E-state index contributed by atoms with van der Waals surface area (Å²) in [4.78, 5) is 7.20. The maximum Gasteiger partial charge on any atom is 0.191 e. The number of likely N-dealkylation sites (tertiary alicyclic amines) is 1. The highest BCUT2D eigenvalue weighted by Gasteiger charge is 2.21. The van der Waals surface area contributed by atoms with Crippen molar-refractivity contribution in [2.45, 2.75) is 52.1 Å². The molecule has 26 heavy (non-hydrogen) atoms. The third-order valence-corrected chi connectivity index (χ3v) is 5.21. The van der Waals surface area contributed by atoms with Gasteiger partial charge < -0.3 is 15.5 Å². The van der Waals surface area contributed by atoms with Gasteiger partial charge in [-0.05, 0) is 73.7 Å². The van der Waals surface area contributed by atoms with Crippen LogP contribution in [0.5, 0.6) is 0 Å². The molecular weight excluding hydrogens is 510 g/mol. The lowest BCUT2D eigenvalue weighted by Crippen LogP contribution is -2.49. The first-order valence-corrected chi connectivity index (χ1v) is 10.0. The lowest BCUT2D eigenvalue weighted by Gasteiger charge is -2.35. The molecule has 1 heterocycles. The van der Waals surface area contributed by atoms with E-state index in [0.717, 1.165) is 50.4 Å². The van der Waals surface area contributed by atoms with Gasteiger partial charge in [-0.1, -0.05) is 6.07 Å². The Labute approximate surface area is 182 Å². The van der Waals surface area contributed by atoms with Gasteiger partial charge in [-0.2, -0.15) is 0 Å². The molecule has 0 aliphatic carbocycles. The van der Waals surface area contributed by atoms with Gasteiger partial charge in [0, 0.05) is 38.3 Å². The Morgan fingerprint density at radius 1 is 1.35 bits per heavy atom. The number of halogens is 3. The zero-order chi connectivity index (χ0) is 18.2. The summed E-state index contributed by atoms with van der Waals surface area (Å²) < 4.78 is 13.8. The summed E-state index contributed by atoms with van der Waals surface area (Å²) in [5.74, 6) is 0.654. The fraction of sp³-hybridized carbons (Fsp3) is 0.632. The highest BCUT2D eigenvalue weighted by molar-refractivity contribution is 14.0. The van der Waals surface area contributed by atoms with Crippen LogP contribution in [-0.2, 0) is 6.42 Å². The molecule has 1 aromatic carbocycles. The van der Waals surface area contributed by atoms with Gasteiger partial charge in [-0.25, -0.2) is 4.39 Å². The normalized spacial score (nSPS) is 16.5. The Bertz CT molecular complexity index is 575. The third-order valence-electron chi connectivity index (χ3n) is 4.60. The van der Waals surface area contributed by atoms with Gasteiger partial charge in [0.1, 0.15) is 5.82 Å². The summed E-state index contributed by atoms with van der Waals surface area (Å²) >= 11 is 3.23. The molecule has 1 saturated heterocycles. The third kappa shape index (κ3) is 7.68. The molecule has 0 bridgehead atoms. The van der Waals surface area contributed by atoms with Crippen molar-refractivity contribution in [3.05, 3.63) is 34.1 Å². The predicted molar refractivity (Wildman–Crippen MR) is 122 cm³/mol. The lowest BCUT2D eigenvalue weighted by molar-refractivity contribution is 0.167. The van der Waals surface area contributed by atoms with Crippen LogP contribution < -0.4 is 10.6 Å². The molecule has 0 amide bonds. The first-order valence-electron chi connectivity index (χ1n) is 9.22. The molecule has 1 aromatic rings. The monoisotopic (exact) mass is 540 g/mol. The van der Waals surface area contributed by atoms with Crippen molar-refractivity contribution in [2.75, 3.05) is 26.2 Å². The molecule has 0 unspecified atom stereocenters. The molecule has 0 saturated carbocycles. The van der Waals surface area contributed by atoms with E-state index in [-0.39, 0.29) is 29.8 Å². The standard InChI is InChI=1S/C19H30BrFN4.HI/c1-4-22-19(24-16-8-11-25(12-9-16)14(2)3)23-10-7-15-5-6-18(21)17(20)13-15;/h5-6,13-14,16H,4,7-12H2,1-3H3,(H2,22,23,24);1H. The second kappa shape index (κ2) is 12.1. The van der Waals surface area contributed by atoms with Crippen LogP contribution in [0, 0.1) is 5.82 Å². The number of aliphatic imine (C=N–C) groups is 1. The molecule has 2 rings (SSSR count). The zero-order valence-electron chi connectivity index (χ0n) is 15.9. The van der Waals surface area contributed by atoms with Crippen molar-refractivity contribution in [3.8, 4) is 0 Å². The number of nitrogens with zero attached hydrogens (tertiary/aromatic N) is 2. The largest absolute Gasteiger partial charge is 0.357 e. The van der Waals surface area contributed by atoms with Gasteiger partial charge in [0.25, 0.3) is 0 Å². The molecule has 1 fully saturated rings. The van der Waals surface area contributed by atoms with Gasteiger partial charge in [0.05, 0.1) is 4.47 Å². The fourth-order valence-electron chi connectivity index (χ4n) is 3.07. The van der Waals surface area contributed by atoms with Gasteiger partial charge in [-0.3, -0.25) is 4.99 Å². The quantitative estimate of drug-likeness (QED) is 0.323. The molecule has 0 atom stereocenters. The molecule has 2 N–H and O–H groups in total. The minimum Gasteiger partial charge on any atom is -0.357 e. The van der Waals surface area contributed by atoms with Gasteiger partial charge in [-0.15, -0.1) is 24.0 Å². The fourth-order valence-corrected chi connectivity index (χ4v) is 3.49. The van der Waals surface area contributed by atoms with E-state index in [1.54, 1.807) is 0 Å². The lowest BCUT2D eigenvalue weighted by atomic mass is 10.0. The van der Waals surface area contributed by atoms with Crippen LogP contribution in [0.3, 0.4) is 0 Å². The molecular formula is C19H31BrFIN4. The van der Waals surface area contributed by atoms with Gasteiger partial charge in [0.2, 0.25) is 0 Å². The van der Waals surface area contributed by atoms with Crippen molar-refractivity contribution >= 4 is 45.9 Å². The SMILES string of the molecule is CCNC(=NCCc1ccc(F)c(Br)c1)NC1CCN(C(C)C)CC1.I. The summed E-state index contributed by atoms with van der Waals surface area (Å²) in [6, 6.07) is 6.24. The van der Waals surface area contributed by atoms with Crippen LogP contribution >= 0.6 is 39.9 Å². The Balaban J connectivity index is 0.00000338. The Morgan fingerprint density at radius 2 is 2.04 bits per heavy atom. The van der Waals surface area contributed by atoms with Crippen LogP contribution in [0.25, 0.3) is 0 Å². The molecule has 7 heteroatoms. The maximum absolute atomic E-state index is 13.3. The molecule has 1 aliphatic rings. The Morgan fingerprint density at radius 3 is 2.62 bits per heavy atom. The number of benzene rings is 1. The highest BCUT2D eigenvalue weighted by atomic mass is 127. The smallest absolute Gasteiger partial charge is 0.191 e. The minimum absolute atomic E-state index is 0. The van der Waals surface area contributed by atoms with Gasteiger partial charge in [0.15, 0.2) is 5.96 Å². The molecule has 148 valence electrons. The number of guanidine groups is 1. The van der Waals surface area contributed by atoms with E-state index in [1.165, 1.54) is 6.07 Å². The Hall–Kier alpha value is -0.410. The van der Waals surface area contributed by atoms with E-state index in [1.807, 2.05) is 12.1 Å². The molecule has 0 aromatic heterocycles. The maximum atomic E-state index is 13.3. The number of nitrogens with one attached hydrogen (secondary N) is 2. The van der Waals surface area contributed by atoms with E-state index in [0.29, 0.717) is 23.1 Å². The average molecular weight is 541 g/mol. The second-order valence-corrected chi connectivity index (χ2v) is 7.66. The second-order valence-electron chi connectivity index (χ2n) is 6.81.